The molecule has 1 aromatic carbocycles. The van der Waals surface area contributed by atoms with Gasteiger partial charge in [0.25, 0.3) is 5.69 Å². The van der Waals surface area contributed by atoms with Gasteiger partial charge in [-0.2, -0.15) is 5.26 Å². The number of halogens is 1. The number of hydrogen-bond acceptors (Lipinski definition) is 4. The minimum atomic E-state index is -0.854. The minimum absolute atomic E-state index is 0.0342. The van der Waals surface area contributed by atoms with Gasteiger partial charge in [0.15, 0.2) is 0 Å². The smallest absolute Gasteiger partial charge is 0.274 e. The predicted octanol–water partition coefficient (Wildman–Crippen LogP) is 2.61. The molecule has 0 aromatic heterocycles. The van der Waals surface area contributed by atoms with Crippen LogP contribution in [0.2, 0.25) is 0 Å². The quantitative estimate of drug-likeness (QED) is 0.653. The zero-order valence-electron chi connectivity index (χ0n) is 10.2. The molecule has 7 heteroatoms. The fourth-order valence-electron chi connectivity index (χ4n) is 1.52. The van der Waals surface area contributed by atoms with E-state index in [1.165, 1.54) is 0 Å². The van der Waals surface area contributed by atoms with E-state index in [1.54, 1.807) is 0 Å². The van der Waals surface area contributed by atoms with Gasteiger partial charge in [0.1, 0.15) is 11.7 Å². The number of nitrogens with zero attached hydrogens (tertiary/aromatic N) is 2. The van der Waals surface area contributed by atoms with Gasteiger partial charge in [-0.05, 0) is 12.5 Å². The molecule has 0 radical (unpaired) electrons. The molecular weight excluding hydrogens is 253 g/mol. The third-order valence-electron chi connectivity index (χ3n) is 2.41. The monoisotopic (exact) mass is 265 g/mol. The summed E-state index contributed by atoms with van der Waals surface area (Å²) in [4.78, 5) is 21.5. The Bertz CT molecular complexity index is 540. The molecule has 1 unspecified atom stereocenters. The molecule has 100 valence electrons. The number of anilines is 1. The van der Waals surface area contributed by atoms with Crippen LogP contribution < -0.4 is 5.32 Å². The number of nitro groups is 1. The fraction of sp³-hybridized carbons (Fsp3) is 0.333. The second-order valence-corrected chi connectivity index (χ2v) is 3.91. The predicted molar refractivity (Wildman–Crippen MR) is 65.7 cm³/mol. The molecule has 0 spiro atoms. The lowest BCUT2D eigenvalue weighted by atomic mass is 10.0. The van der Waals surface area contributed by atoms with E-state index in [1.807, 2.05) is 13.0 Å². The van der Waals surface area contributed by atoms with Gasteiger partial charge >= 0.3 is 0 Å². The number of nitro benzene ring substituents is 1. The summed E-state index contributed by atoms with van der Waals surface area (Å²) in [5.74, 6) is -2.27. The molecule has 1 atom stereocenters. The Labute approximate surface area is 109 Å². The van der Waals surface area contributed by atoms with Gasteiger partial charge in [-0.25, -0.2) is 4.39 Å². The molecule has 1 amide bonds. The van der Waals surface area contributed by atoms with Crippen molar-refractivity contribution in [2.75, 3.05) is 5.32 Å². The number of nitriles is 1. The number of amides is 1. The number of carbonyl (C=O) groups is 1. The molecule has 0 aliphatic carbocycles. The maximum atomic E-state index is 13.1. The Balaban J connectivity index is 2.90. The molecule has 0 fully saturated rings. The van der Waals surface area contributed by atoms with E-state index in [0.29, 0.717) is 12.8 Å². The number of carbonyl (C=O) groups excluding carboxylic acids is 1. The lowest BCUT2D eigenvalue weighted by molar-refractivity contribution is -0.385. The summed E-state index contributed by atoms with van der Waals surface area (Å²) < 4.78 is 13.1. The maximum absolute atomic E-state index is 13.1. The van der Waals surface area contributed by atoms with Gasteiger partial charge in [-0.1, -0.05) is 13.3 Å². The standard InChI is InChI=1S/C12H12FN3O3/c1-2-3-8(7-14)12(17)15-10-4-9(13)5-11(6-10)16(18)19/h4-6,8H,2-3H2,1H3,(H,15,17). The van der Waals surface area contributed by atoms with Gasteiger partial charge in [0.05, 0.1) is 22.7 Å². The van der Waals surface area contributed by atoms with E-state index in [2.05, 4.69) is 5.32 Å². The number of rotatable bonds is 5. The second-order valence-electron chi connectivity index (χ2n) is 3.91. The molecule has 6 nitrogen and oxygen atoms in total. The number of hydrogen-bond donors (Lipinski definition) is 1. The van der Waals surface area contributed by atoms with E-state index in [-0.39, 0.29) is 5.69 Å². The van der Waals surface area contributed by atoms with Crippen LogP contribution in [0.15, 0.2) is 18.2 Å². The minimum Gasteiger partial charge on any atom is -0.325 e. The number of benzene rings is 1. The Hall–Kier alpha value is -2.49. The SMILES string of the molecule is CCCC(C#N)C(=O)Nc1cc(F)cc([N+](=O)[O-])c1. The number of non-ortho nitro benzene ring substituents is 1. The lowest BCUT2D eigenvalue weighted by Gasteiger charge is -2.09. The molecule has 0 aliphatic heterocycles. The van der Waals surface area contributed by atoms with Crippen LogP contribution in [0.4, 0.5) is 15.8 Å². The first kappa shape index (κ1) is 14.6. The van der Waals surface area contributed by atoms with Crippen LogP contribution in [0.3, 0.4) is 0 Å². The molecule has 1 N–H and O–H groups in total. The first-order chi connectivity index (χ1) is 8.97. The van der Waals surface area contributed by atoms with Crippen LogP contribution >= 0.6 is 0 Å². The van der Waals surface area contributed by atoms with E-state index in [4.69, 9.17) is 5.26 Å². The second kappa shape index (κ2) is 6.44. The van der Waals surface area contributed by atoms with Gasteiger partial charge < -0.3 is 5.32 Å². The molecule has 0 heterocycles. The van der Waals surface area contributed by atoms with Crippen molar-refractivity contribution in [1.29, 1.82) is 5.26 Å². The van der Waals surface area contributed by atoms with Crippen molar-refractivity contribution in [1.82, 2.24) is 0 Å². The van der Waals surface area contributed by atoms with E-state index in [0.717, 1.165) is 18.2 Å². The van der Waals surface area contributed by atoms with Crippen molar-refractivity contribution >= 4 is 17.3 Å². The van der Waals surface area contributed by atoms with Crippen LogP contribution in [0.1, 0.15) is 19.8 Å². The van der Waals surface area contributed by atoms with Gasteiger partial charge in [0.2, 0.25) is 5.91 Å². The van der Waals surface area contributed by atoms with Crippen molar-refractivity contribution < 1.29 is 14.1 Å². The molecule has 1 aromatic rings. The zero-order valence-corrected chi connectivity index (χ0v) is 10.2. The summed E-state index contributed by atoms with van der Waals surface area (Å²) in [6.45, 7) is 1.82. The van der Waals surface area contributed by atoms with Gasteiger partial charge in [-0.15, -0.1) is 0 Å². The summed E-state index contributed by atoms with van der Waals surface area (Å²) in [5, 5.41) is 21.7. The highest BCUT2D eigenvalue weighted by Crippen LogP contribution is 2.21. The average molecular weight is 265 g/mol. The topological polar surface area (TPSA) is 96.0 Å². The first-order valence-electron chi connectivity index (χ1n) is 5.63. The Morgan fingerprint density at radius 3 is 2.79 bits per heavy atom. The third kappa shape index (κ3) is 4.03. The third-order valence-corrected chi connectivity index (χ3v) is 2.41. The molecule has 19 heavy (non-hydrogen) atoms. The summed E-state index contributed by atoms with van der Waals surface area (Å²) in [6.07, 6.45) is 1.02. The molecular formula is C12H12FN3O3. The molecule has 0 saturated heterocycles. The van der Waals surface area contributed by atoms with Gasteiger partial charge in [-0.3, -0.25) is 14.9 Å². The molecule has 0 saturated carbocycles. The lowest BCUT2D eigenvalue weighted by Crippen LogP contribution is -2.21. The fourth-order valence-corrected chi connectivity index (χ4v) is 1.52. The molecule has 0 aliphatic rings. The number of nitrogens with one attached hydrogen (secondary N) is 1. The highest BCUT2D eigenvalue weighted by molar-refractivity contribution is 5.94. The Morgan fingerprint density at radius 2 is 2.26 bits per heavy atom. The van der Waals surface area contributed by atoms with Crippen molar-refractivity contribution in [3.63, 3.8) is 0 Å². The summed E-state index contributed by atoms with van der Waals surface area (Å²) in [6, 6.07) is 4.60. The van der Waals surface area contributed by atoms with E-state index in [9.17, 15) is 19.3 Å². The summed E-state index contributed by atoms with van der Waals surface area (Å²) in [5.41, 5.74) is -0.493. The maximum Gasteiger partial charge on any atom is 0.274 e. The van der Waals surface area contributed by atoms with E-state index >= 15 is 0 Å². The van der Waals surface area contributed by atoms with Crippen LogP contribution in [0, 0.1) is 33.2 Å². The van der Waals surface area contributed by atoms with Crippen molar-refractivity contribution in [3.05, 3.63) is 34.1 Å². The Kier molecular flexibility index (Phi) is 4.94. The van der Waals surface area contributed by atoms with Crippen LogP contribution in [0.5, 0.6) is 0 Å². The van der Waals surface area contributed by atoms with Crippen LogP contribution in [-0.2, 0) is 4.79 Å². The van der Waals surface area contributed by atoms with Crippen LogP contribution in [0.25, 0.3) is 0 Å². The molecule has 0 bridgehead atoms. The average Bonchev–Trinajstić information content (AvgIpc) is 2.34. The normalized spacial score (nSPS) is 11.4. The van der Waals surface area contributed by atoms with Crippen molar-refractivity contribution in [2.45, 2.75) is 19.8 Å². The highest BCUT2D eigenvalue weighted by atomic mass is 19.1. The van der Waals surface area contributed by atoms with Crippen molar-refractivity contribution in [2.24, 2.45) is 5.92 Å². The van der Waals surface area contributed by atoms with E-state index < -0.39 is 28.3 Å². The Morgan fingerprint density at radius 1 is 1.58 bits per heavy atom. The van der Waals surface area contributed by atoms with Gasteiger partial charge in [0, 0.05) is 6.07 Å². The largest absolute Gasteiger partial charge is 0.325 e. The summed E-state index contributed by atoms with van der Waals surface area (Å²) in [7, 11) is 0. The summed E-state index contributed by atoms with van der Waals surface area (Å²) >= 11 is 0. The van der Waals surface area contributed by atoms with Crippen molar-refractivity contribution in [3.8, 4) is 6.07 Å². The molecule has 1 rings (SSSR count). The zero-order chi connectivity index (χ0) is 14.4. The van der Waals surface area contributed by atoms with Crippen LogP contribution in [-0.4, -0.2) is 10.8 Å². The first-order valence-corrected chi connectivity index (χ1v) is 5.63. The highest BCUT2D eigenvalue weighted by Gasteiger charge is 2.18.